The number of carboxylic acid groups (broad SMARTS) is 1. The van der Waals surface area contributed by atoms with Crippen molar-refractivity contribution in [2.45, 2.75) is 92.6 Å². The molecule has 0 bridgehead atoms. The first-order valence-electron chi connectivity index (χ1n) is 9.85. The highest BCUT2D eigenvalue weighted by Gasteiger charge is 2.39. The SMILES string of the molecule is C[C@@H](O)CCC[C@H](O)C=C[C@@H]1[C@@H](CCCCCCC(=O)O)[C@H](Cl)C[C@H]1I. The Morgan fingerprint density at radius 3 is 2.54 bits per heavy atom. The lowest BCUT2D eigenvalue weighted by molar-refractivity contribution is -0.137. The Labute approximate surface area is 176 Å². The zero-order valence-corrected chi connectivity index (χ0v) is 18.6. The fourth-order valence-electron chi connectivity index (χ4n) is 3.68. The Bertz CT molecular complexity index is 430. The van der Waals surface area contributed by atoms with Crippen LogP contribution in [0.1, 0.15) is 71.1 Å². The van der Waals surface area contributed by atoms with E-state index in [1.807, 2.05) is 6.08 Å². The second-order valence-corrected chi connectivity index (χ2v) is 9.75. The molecule has 1 rings (SSSR count). The van der Waals surface area contributed by atoms with E-state index >= 15 is 0 Å². The van der Waals surface area contributed by atoms with Gasteiger partial charge in [0.15, 0.2) is 0 Å². The predicted octanol–water partition coefficient (Wildman–Crippen LogP) is 4.93. The van der Waals surface area contributed by atoms with E-state index in [9.17, 15) is 15.0 Å². The summed E-state index contributed by atoms with van der Waals surface area (Å²) in [6.07, 6.45) is 11.7. The van der Waals surface area contributed by atoms with Gasteiger partial charge in [-0.2, -0.15) is 0 Å². The first-order valence-corrected chi connectivity index (χ1v) is 11.5. The molecule has 0 spiro atoms. The van der Waals surface area contributed by atoms with Gasteiger partial charge in [-0.15, -0.1) is 11.6 Å². The number of halogens is 2. The molecule has 1 aliphatic rings. The van der Waals surface area contributed by atoms with Crippen molar-refractivity contribution >= 4 is 40.2 Å². The number of unbranched alkanes of at least 4 members (excludes halogenated alkanes) is 3. The molecule has 0 aromatic rings. The summed E-state index contributed by atoms with van der Waals surface area (Å²) in [5.41, 5.74) is 0. The van der Waals surface area contributed by atoms with Crippen LogP contribution in [0.5, 0.6) is 0 Å². The summed E-state index contributed by atoms with van der Waals surface area (Å²) in [6.45, 7) is 1.77. The Kier molecular flexibility index (Phi) is 12.4. The number of aliphatic hydroxyl groups excluding tert-OH is 2. The molecule has 0 radical (unpaired) electrons. The maximum Gasteiger partial charge on any atom is 0.303 e. The van der Waals surface area contributed by atoms with Crippen LogP contribution < -0.4 is 0 Å². The quantitative estimate of drug-likeness (QED) is 0.145. The minimum atomic E-state index is -0.716. The van der Waals surface area contributed by atoms with Gasteiger partial charge in [0.05, 0.1) is 12.2 Å². The van der Waals surface area contributed by atoms with Gasteiger partial charge < -0.3 is 15.3 Å². The molecular weight excluding hydrogens is 467 g/mol. The lowest BCUT2D eigenvalue weighted by Gasteiger charge is -2.21. The number of carboxylic acids is 1. The maximum absolute atomic E-state index is 10.5. The van der Waals surface area contributed by atoms with E-state index in [0.717, 1.165) is 51.4 Å². The summed E-state index contributed by atoms with van der Waals surface area (Å²) in [4.78, 5) is 10.5. The molecule has 0 heterocycles. The lowest BCUT2D eigenvalue weighted by atomic mass is 9.89. The first-order chi connectivity index (χ1) is 12.3. The van der Waals surface area contributed by atoms with Crippen molar-refractivity contribution in [3.05, 3.63) is 12.2 Å². The zero-order chi connectivity index (χ0) is 19.5. The number of rotatable bonds is 13. The van der Waals surface area contributed by atoms with Gasteiger partial charge in [-0.05, 0) is 57.3 Å². The summed E-state index contributed by atoms with van der Waals surface area (Å²) in [7, 11) is 0. The Hall–Kier alpha value is 0.150. The van der Waals surface area contributed by atoms with Gasteiger partial charge in [0.25, 0.3) is 0 Å². The molecule has 1 saturated carbocycles. The minimum absolute atomic E-state index is 0.179. The van der Waals surface area contributed by atoms with Crippen LogP contribution in [0, 0.1) is 11.8 Å². The number of carbonyl (C=O) groups is 1. The third-order valence-corrected chi connectivity index (χ3v) is 7.02. The number of aliphatic carboxylic acids is 1. The van der Waals surface area contributed by atoms with Crippen LogP contribution in [0.2, 0.25) is 0 Å². The van der Waals surface area contributed by atoms with Crippen molar-refractivity contribution in [2.75, 3.05) is 0 Å². The van der Waals surface area contributed by atoms with Gasteiger partial charge in [0.2, 0.25) is 0 Å². The fourth-order valence-corrected chi connectivity index (χ4v) is 5.79. The van der Waals surface area contributed by atoms with Gasteiger partial charge in [0.1, 0.15) is 0 Å². The smallest absolute Gasteiger partial charge is 0.303 e. The number of allylic oxidation sites excluding steroid dienone is 1. The first kappa shape index (κ1) is 24.2. The fraction of sp³-hybridized carbons (Fsp3) is 0.850. The van der Waals surface area contributed by atoms with Gasteiger partial charge in [-0.25, -0.2) is 0 Å². The van der Waals surface area contributed by atoms with Crippen LogP contribution in [0.25, 0.3) is 0 Å². The second-order valence-electron chi connectivity index (χ2n) is 7.59. The number of hydrogen-bond acceptors (Lipinski definition) is 3. The van der Waals surface area contributed by atoms with Crippen molar-refractivity contribution in [3.63, 3.8) is 0 Å². The summed E-state index contributed by atoms with van der Waals surface area (Å²) >= 11 is 9.05. The van der Waals surface area contributed by atoms with E-state index in [1.165, 1.54) is 0 Å². The number of aliphatic hydroxyl groups is 2. The monoisotopic (exact) mass is 500 g/mol. The average Bonchev–Trinajstić information content (AvgIpc) is 2.81. The summed E-state index contributed by atoms with van der Waals surface area (Å²) in [6, 6.07) is 0. The highest BCUT2D eigenvalue weighted by Crippen LogP contribution is 2.43. The molecule has 152 valence electrons. The van der Waals surface area contributed by atoms with Gasteiger partial charge in [0, 0.05) is 15.7 Å². The van der Waals surface area contributed by atoms with Crippen LogP contribution in [-0.4, -0.2) is 42.8 Å². The van der Waals surface area contributed by atoms with E-state index in [4.69, 9.17) is 16.7 Å². The Balaban J connectivity index is 2.38. The van der Waals surface area contributed by atoms with E-state index < -0.39 is 12.1 Å². The standard InChI is InChI=1S/C20H34ClIO4/c1-14(23)7-6-8-15(24)11-12-17-16(18(21)13-19(17)22)9-4-2-3-5-10-20(25)26/h11-12,14-19,23-24H,2-10,13H2,1H3,(H,25,26)/t14-,15+,16-,17-,18-,19-/m1/s1. The molecule has 26 heavy (non-hydrogen) atoms. The molecule has 0 aromatic heterocycles. The molecule has 6 heteroatoms. The molecule has 0 saturated heterocycles. The van der Waals surface area contributed by atoms with Gasteiger partial charge in [-0.1, -0.05) is 54.0 Å². The molecule has 1 aliphatic carbocycles. The maximum atomic E-state index is 10.5. The van der Waals surface area contributed by atoms with Gasteiger partial charge >= 0.3 is 5.97 Å². The molecular formula is C20H34ClIO4. The van der Waals surface area contributed by atoms with Gasteiger partial charge in [-0.3, -0.25) is 4.79 Å². The molecule has 0 aromatic carbocycles. The third-order valence-electron chi connectivity index (χ3n) is 5.18. The molecule has 0 unspecified atom stereocenters. The van der Waals surface area contributed by atoms with Crippen LogP contribution in [-0.2, 0) is 4.79 Å². The van der Waals surface area contributed by atoms with Crippen LogP contribution >= 0.6 is 34.2 Å². The minimum Gasteiger partial charge on any atom is -0.481 e. The lowest BCUT2D eigenvalue weighted by Crippen LogP contribution is -2.17. The second kappa shape index (κ2) is 13.3. The highest BCUT2D eigenvalue weighted by atomic mass is 127. The van der Waals surface area contributed by atoms with E-state index in [-0.39, 0.29) is 17.9 Å². The summed E-state index contributed by atoms with van der Waals surface area (Å²) in [5.74, 6) is 0.106. The average molecular weight is 501 g/mol. The summed E-state index contributed by atoms with van der Waals surface area (Å²) < 4.78 is 0.494. The molecule has 6 atom stereocenters. The van der Waals surface area contributed by atoms with Crippen LogP contribution in [0.15, 0.2) is 12.2 Å². The molecule has 0 aliphatic heterocycles. The van der Waals surface area contributed by atoms with Crippen molar-refractivity contribution < 1.29 is 20.1 Å². The highest BCUT2D eigenvalue weighted by molar-refractivity contribution is 14.1. The predicted molar refractivity (Wildman–Crippen MR) is 115 cm³/mol. The van der Waals surface area contributed by atoms with E-state index in [0.29, 0.717) is 22.2 Å². The van der Waals surface area contributed by atoms with Crippen molar-refractivity contribution in [1.29, 1.82) is 0 Å². The molecule has 4 nitrogen and oxygen atoms in total. The zero-order valence-electron chi connectivity index (χ0n) is 15.7. The third kappa shape index (κ3) is 9.90. The molecule has 1 fully saturated rings. The Morgan fingerprint density at radius 2 is 1.88 bits per heavy atom. The largest absolute Gasteiger partial charge is 0.481 e. The van der Waals surface area contributed by atoms with E-state index in [1.54, 1.807) is 6.92 Å². The number of hydrogen-bond donors (Lipinski definition) is 3. The van der Waals surface area contributed by atoms with Crippen molar-refractivity contribution in [1.82, 2.24) is 0 Å². The van der Waals surface area contributed by atoms with Crippen molar-refractivity contribution in [2.24, 2.45) is 11.8 Å². The van der Waals surface area contributed by atoms with E-state index in [2.05, 4.69) is 28.7 Å². The van der Waals surface area contributed by atoms with Crippen LogP contribution in [0.3, 0.4) is 0 Å². The number of alkyl halides is 2. The topological polar surface area (TPSA) is 77.8 Å². The Morgan fingerprint density at radius 1 is 1.19 bits per heavy atom. The summed E-state index contributed by atoms with van der Waals surface area (Å²) in [5, 5.41) is 28.3. The molecule has 3 N–H and O–H groups in total. The van der Waals surface area contributed by atoms with Crippen LogP contribution in [0.4, 0.5) is 0 Å². The molecule has 0 amide bonds. The van der Waals surface area contributed by atoms with Crippen molar-refractivity contribution in [3.8, 4) is 0 Å². The normalized spacial score (nSPS) is 28.5.